The Labute approximate surface area is 179 Å². The molecule has 1 amide bonds. The molecule has 4 rings (SSSR count). The number of hydrogen-bond donors (Lipinski definition) is 2. The second kappa shape index (κ2) is 8.00. The van der Waals surface area contributed by atoms with Crippen LogP contribution in [0.4, 0.5) is 13.2 Å². The van der Waals surface area contributed by atoms with Gasteiger partial charge in [-0.1, -0.05) is 6.92 Å². The molecule has 2 N–H and O–H groups in total. The normalized spacial score (nSPS) is 18.9. The van der Waals surface area contributed by atoms with Crippen LogP contribution in [0.3, 0.4) is 0 Å². The van der Waals surface area contributed by atoms with Gasteiger partial charge in [-0.05, 0) is 50.5 Å². The third kappa shape index (κ3) is 4.81. The number of carbonyl (C=O) groups is 1. The number of rotatable bonds is 8. The molecule has 6 nitrogen and oxygen atoms in total. The Balaban J connectivity index is 1.28. The number of amides is 1. The number of benzene rings is 1. The van der Waals surface area contributed by atoms with Crippen molar-refractivity contribution in [1.29, 1.82) is 0 Å². The van der Waals surface area contributed by atoms with Gasteiger partial charge < -0.3 is 15.0 Å². The van der Waals surface area contributed by atoms with Crippen LogP contribution in [0.2, 0.25) is 0 Å². The Morgan fingerprint density at radius 2 is 2.10 bits per heavy atom. The predicted molar refractivity (Wildman–Crippen MR) is 110 cm³/mol. The van der Waals surface area contributed by atoms with Crippen molar-refractivity contribution in [3.63, 3.8) is 0 Å². The highest BCUT2D eigenvalue weighted by Crippen LogP contribution is 2.52. The first-order valence-corrected chi connectivity index (χ1v) is 10.7. The third-order valence-corrected chi connectivity index (χ3v) is 6.55. The van der Waals surface area contributed by atoms with E-state index in [0.29, 0.717) is 30.2 Å². The number of nitrogens with one attached hydrogen (secondary N) is 2. The van der Waals surface area contributed by atoms with Crippen molar-refractivity contribution in [2.24, 2.45) is 11.3 Å². The summed E-state index contributed by atoms with van der Waals surface area (Å²) in [5, 5.41) is 3.07. The van der Waals surface area contributed by atoms with Crippen LogP contribution in [0.5, 0.6) is 5.75 Å². The van der Waals surface area contributed by atoms with Gasteiger partial charge in [0.05, 0.1) is 12.1 Å². The first kappa shape index (κ1) is 21.9. The van der Waals surface area contributed by atoms with E-state index in [1.54, 1.807) is 0 Å². The number of likely N-dealkylation sites (tertiary alicyclic amines) is 1. The molecule has 1 saturated heterocycles. The van der Waals surface area contributed by atoms with Crippen LogP contribution in [0.25, 0.3) is 11.0 Å². The lowest BCUT2D eigenvalue weighted by atomic mass is 9.57. The van der Waals surface area contributed by atoms with Crippen LogP contribution >= 0.6 is 0 Å². The zero-order chi connectivity index (χ0) is 22.4. The molecule has 0 unspecified atom stereocenters. The second-order valence-corrected chi connectivity index (χ2v) is 9.77. The lowest BCUT2D eigenvalue weighted by Gasteiger charge is -2.59. The van der Waals surface area contributed by atoms with Gasteiger partial charge in [-0.2, -0.15) is 8.78 Å². The van der Waals surface area contributed by atoms with E-state index in [4.69, 9.17) is 0 Å². The molecule has 1 aromatic carbocycles. The van der Waals surface area contributed by atoms with Crippen molar-refractivity contribution in [3.8, 4) is 5.75 Å². The van der Waals surface area contributed by atoms with Gasteiger partial charge in [-0.3, -0.25) is 9.69 Å². The molecule has 170 valence electrons. The monoisotopic (exact) mass is 438 g/mol. The highest BCUT2D eigenvalue weighted by molar-refractivity contribution is 5.82. The molecular formula is C22H29F3N4O2. The highest BCUT2D eigenvalue weighted by atomic mass is 19.3. The molecule has 0 radical (unpaired) electrons. The van der Waals surface area contributed by atoms with Crippen LogP contribution in [0.1, 0.15) is 45.9 Å². The molecule has 0 bridgehead atoms. The number of carbonyl (C=O) groups excluding carboxylic acids is 1. The average Bonchev–Trinajstić information content (AvgIpc) is 2.99. The van der Waals surface area contributed by atoms with Crippen LogP contribution in [-0.4, -0.2) is 52.6 Å². The lowest BCUT2D eigenvalue weighted by molar-refractivity contribution is -0.133. The summed E-state index contributed by atoms with van der Waals surface area (Å²) in [7, 11) is 0. The molecule has 9 heteroatoms. The van der Waals surface area contributed by atoms with Crippen LogP contribution in [0, 0.1) is 17.2 Å². The standard InChI is InChI=1S/C22H29F3N4O2/c1-4-21(2,3)28-18(30)10-29-11-22(12-29)8-13(9-22)5-17-26-15-6-14(23)7-16(19(15)27-17)31-20(24)25/h6-7,13,20H,4-5,8-12H2,1-3H3,(H,26,27)(H,28,30). The van der Waals surface area contributed by atoms with E-state index in [2.05, 4.69) is 31.8 Å². The average molecular weight is 438 g/mol. The molecule has 0 atom stereocenters. The minimum atomic E-state index is -3.03. The Hall–Kier alpha value is -2.29. The van der Waals surface area contributed by atoms with E-state index in [9.17, 15) is 18.0 Å². The fourth-order valence-electron chi connectivity index (χ4n) is 4.95. The van der Waals surface area contributed by atoms with Gasteiger partial charge in [-0.15, -0.1) is 0 Å². The van der Waals surface area contributed by atoms with Crippen molar-refractivity contribution in [2.45, 2.75) is 58.6 Å². The van der Waals surface area contributed by atoms with Crippen molar-refractivity contribution < 1.29 is 22.7 Å². The third-order valence-electron chi connectivity index (χ3n) is 6.55. The number of halogens is 3. The molecule has 2 aliphatic rings. The van der Waals surface area contributed by atoms with Gasteiger partial charge in [0.1, 0.15) is 17.2 Å². The number of imidazole rings is 1. The summed E-state index contributed by atoms with van der Waals surface area (Å²) in [6.07, 6.45) is 3.64. The maximum atomic E-state index is 13.7. The number of alkyl halides is 2. The summed E-state index contributed by atoms with van der Waals surface area (Å²) in [4.78, 5) is 21.8. The molecule has 2 aromatic rings. The fraction of sp³-hybridized carbons (Fsp3) is 0.636. The first-order valence-electron chi connectivity index (χ1n) is 10.7. The number of ether oxygens (including phenoxy) is 1. The van der Waals surface area contributed by atoms with Crippen molar-refractivity contribution in [2.75, 3.05) is 19.6 Å². The Kier molecular flexibility index (Phi) is 5.66. The van der Waals surface area contributed by atoms with Crippen molar-refractivity contribution in [1.82, 2.24) is 20.2 Å². The number of fused-ring (bicyclic) bond motifs is 1. The van der Waals surface area contributed by atoms with Gasteiger partial charge in [0.25, 0.3) is 0 Å². The quantitative estimate of drug-likeness (QED) is 0.657. The summed E-state index contributed by atoms with van der Waals surface area (Å²) >= 11 is 0. The number of aromatic nitrogens is 2. The van der Waals surface area contributed by atoms with E-state index in [-0.39, 0.29) is 28.1 Å². The summed E-state index contributed by atoms with van der Waals surface area (Å²) in [6, 6.07) is 2.17. The number of H-pyrrole nitrogens is 1. The molecule has 1 spiro atoms. The zero-order valence-electron chi connectivity index (χ0n) is 18.1. The first-order chi connectivity index (χ1) is 14.6. The van der Waals surface area contributed by atoms with Crippen molar-refractivity contribution in [3.05, 3.63) is 23.8 Å². The van der Waals surface area contributed by atoms with Gasteiger partial charge in [0.15, 0.2) is 5.75 Å². The fourth-order valence-corrected chi connectivity index (χ4v) is 4.95. The van der Waals surface area contributed by atoms with Gasteiger partial charge >= 0.3 is 6.61 Å². The van der Waals surface area contributed by atoms with Gasteiger partial charge in [0, 0.05) is 31.1 Å². The molecule has 1 aliphatic carbocycles. The molecule has 1 saturated carbocycles. The predicted octanol–water partition coefficient (Wildman–Crippen LogP) is 3.86. The summed E-state index contributed by atoms with van der Waals surface area (Å²) in [5.41, 5.74) is 0.668. The van der Waals surface area contributed by atoms with Crippen LogP contribution < -0.4 is 10.1 Å². The lowest BCUT2D eigenvalue weighted by Crippen LogP contribution is -2.64. The smallest absolute Gasteiger partial charge is 0.387 e. The van der Waals surface area contributed by atoms with Gasteiger partial charge in [0.2, 0.25) is 5.91 Å². The minimum absolute atomic E-state index is 0.0638. The van der Waals surface area contributed by atoms with Gasteiger partial charge in [-0.25, -0.2) is 9.37 Å². The SMILES string of the molecule is CCC(C)(C)NC(=O)CN1CC2(CC(Cc3nc4c(OC(F)F)cc(F)cc4[nH]3)C2)C1. The maximum absolute atomic E-state index is 13.7. The van der Waals surface area contributed by atoms with E-state index in [1.807, 2.05) is 13.8 Å². The molecule has 2 fully saturated rings. The molecule has 2 heterocycles. The van der Waals surface area contributed by atoms with Crippen molar-refractivity contribution >= 4 is 16.9 Å². The molecule has 1 aliphatic heterocycles. The Bertz CT molecular complexity index is 961. The Morgan fingerprint density at radius 3 is 2.74 bits per heavy atom. The zero-order valence-corrected chi connectivity index (χ0v) is 18.1. The highest BCUT2D eigenvalue weighted by Gasteiger charge is 2.52. The topological polar surface area (TPSA) is 70.2 Å². The molecule has 1 aromatic heterocycles. The molecular weight excluding hydrogens is 409 g/mol. The number of nitrogens with zero attached hydrogens (tertiary/aromatic N) is 2. The number of aromatic amines is 1. The largest absolute Gasteiger partial charge is 0.432 e. The van der Waals surface area contributed by atoms with E-state index in [0.717, 1.165) is 38.4 Å². The van der Waals surface area contributed by atoms with E-state index >= 15 is 0 Å². The minimum Gasteiger partial charge on any atom is -0.432 e. The maximum Gasteiger partial charge on any atom is 0.387 e. The molecule has 31 heavy (non-hydrogen) atoms. The summed E-state index contributed by atoms with van der Waals surface area (Å²) in [5.74, 6) is 0.240. The van der Waals surface area contributed by atoms with Crippen LogP contribution in [-0.2, 0) is 11.2 Å². The summed E-state index contributed by atoms with van der Waals surface area (Å²) < 4.78 is 43.3. The summed E-state index contributed by atoms with van der Waals surface area (Å²) in [6.45, 7) is 5.33. The van der Waals surface area contributed by atoms with Crippen LogP contribution in [0.15, 0.2) is 12.1 Å². The Morgan fingerprint density at radius 1 is 1.39 bits per heavy atom. The van der Waals surface area contributed by atoms with E-state index < -0.39 is 12.4 Å². The number of hydrogen-bond acceptors (Lipinski definition) is 4. The second-order valence-electron chi connectivity index (χ2n) is 9.77. The van der Waals surface area contributed by atoms with E-state index in [1.165, 1.54) is 6.07 Å².